The van der Waals surface area contributed by atoms with E-state index in [0.717, 1.165) is 37.7 Å². The van der Waals surface area contributed by atoms with E-state index in [4.69, 9.17) is 11.6 Å². The van der Waals surface area contributed by atoms with Gasteiger partial charge in [0.05, 0.1) is 6.42 Å². The zero-order valence-electron chi connectivity index (χ0n) is 21.4. The van der Waals surface area contributed by atoms with Crippen molar-refractivity contribution in [1.29, 1.82) is 0 Å². The summed E-state index contributed by atoms with van der Waals surface area (Å²) in [5.74, 6) is -1.91. The topological polar surface area (TPSA) is 119 Å². The maximum atomic E-state index is 13.8. The number of carboxylic acid groups (broad SMARTS) is 1. The highest BCUT2D eigenvalue weighted by Gasteiger charge is 2.44. The Kier molecular flexibility index (Phi) is 8.89. The number of nitrogens with zero attached hydrogens (tertiary/aromatic N) is 2. The number of hydrogen-bond donors (Lipinski definition) is 3. The van der Waals surface area contributed by atoms with Gasteiger partial charge >= 0.3 is 12.0 Å². The van der Waals surface area contributed by atoms with Crippen molar-refractivity contribution in [2.24, 2.45) is 5.92 Å². The maximum absolute atomic E-state index is 13.8. The molecule has 202 valence electrons. The predicted molar refractivity (Wildman–Crippen MR) is 144 cm³/mol. The second-order valence-corrected chi connectivity index (χ2v) is 10.4. The number of anilines is 1. The molecular weight excluding hydrogens is 508 g/mol. The van der Waals surface area contributed by atoms with E-state index in [1.165, 1.54) is 9.80 Å². The monoisotopic (exact) mass is 540 g/mol. The van der Waals surface area contributed by atoms with Gasteiger partial charge in [0.25, 0.3) is 11.8 Å². The van der Waals surface area contributed by atoms with E-state index >= 15 is 0 Å². The molecule has 2 atom stereocenters. The average Bonchev–Trinajstić information content (AvgIpc) is 3.35. The lowest BCUT2D eigenvalue weighted by atomic mass is 9.82. The Morgan fingerprint density at radius 3 is 2.34 bits per heavy atom. The average molecular weight is 541 g/mol. The quantitative estimate of drug-likeness (QED) is 0.477. The molecule has 3 N–H and O–H groups in total. The zero-order chi connectivity index (χ0) is 27.2. The van der Waals surface area contributed by atoms with Crippen LogP contribution in [0.15, 0.2) is 48.5 Å². The number of carbonyl (C=O) groups excluding carboxylic acids is 3. The Bertz CT molecular complexity index is 1180. The lowest BCUT2D eigenvalue weighted by molar-refractivity contribution is -0.138. The summed E-state index contributed by atoms with van der Waals surface area (Å²) in [4.78, 5) is 54.9. The molecule has 1 saturated heterocycles. The minimum absolute atomic E-state index is 0.0301. The lowest BCUT2D eigenvalue weighted by Gasteiger charge is -2.34. The number of nitrogens with one attached hydrogen (secondary N) is 2. The molecule has 2 aliphatic rings. The van der Waals surface area contributed by atoms with Crippen LogP contribution in [-0.4, -0.2) is 64.0 Å². The van der Waals surface area contributed by atoms with Crippen LogP contribution in [0.1, 0.15) is 54.4 Å². The summed E-state index contributed by atoms with van der Waals surface area (Å²) in [5, 5.41) is 15.7. The summed E-state index contributed by atoms with van der Waals surface area (Å²) in [7, 11) is 0. The van der Waals surface area contributed by atoms with E-state index in [1.807, 2.05) is 13.0 Å². The van der Waals surface area contributed by atoms with Crippen LogP contribution in [0, 0.1) is 12.8 Å². The van der Waals surface area contributed by atoms with Crippen molar-refractivity contribution in [3.05, 3.63) is 64.7 Å². The third-order valence-electron chi connectivity index (χ3n) is 7.23. The maximum Gasteiger partial charge on any atom is 0.323 e. The van der Waals surface area contributed by atoms with Gasteiger partial charge in [-0.2, -0.15) is 0 Å². The molecular formula is C28H33ClN4O5. The summed E-state index contributed by atoms with van der Waals surface area (Å²) in [6, 6.07) is 12.5. The Morgan fingerprint density at radius 1 is 1.00 bits per heavy atom. The molecule has 1 heterocycles. The fourth-order valence-corrected chi connectivity index (χ4v) is 5.45. The fraction of sp³-hybridized carbons (Fsp3) is 0.429. The number of aryl methyl sites for hydroxylation is 1. The fourth-order valence-electron chi connectivity index (χ4n) is 5.33. The van der Waals surface area contributed by atoms with Crippen molar-refractivity contribution < 1.29 is 24.3 Å². The SMILES string of the molecule is Cc1cccc(C(=O)N2CCN(C(=O)Nc3ccc(Cl)cc3)C2C(=O)NC(CC(=O)O)C2CCCCC2)c1. The van der Waals surface area contributed by atoms with Gasteiger partial charge in [-0.05, 0) is 62.1 Å². The summed E-state index contributed by atoms with van der Waals surface area (Å²) in [5.41, 5.74) is 1.80. The minimum atomic E-state index is -1.23. The van der Waals surface area contributed by atoms with Gasteiger partial charge in [0.2, 0.25) is 0 Å². The molecule has 1 aliphatic heterocycles. The highest BCUT2D eigenvalue weighted by molar-refractivity contribution is 6.30. The highest BCUT2D eigenvalue weighted by atomic mass is 35.5. The number of rotatable bonds is 7. The van der Waals surface area contributed by atoms with Gasteiger partial charge in [0, 0.05) is 35.4 Å². The third-order valence-corrected chi connectivity index (χ3v) is 7.48. The molecule has 1 saturated carbocycles. The molecule has 2 unspecified atom stereocenters. The first kappa shape index (κ1) is 27.4. The number of hydrogen-bond acceptors (Lipinski definition) is 4. The summed E-state index contributed by atoms with van der Waals surface area (Å²) < 4.78 is 0. The van der Waals surface area contributed by atoms with Crippen LogP contribution < -0.4 is 10.6 Å². The first-order valence-electron chi connectivity index (χ1n) is 13.0. The van der Waals surface area contributed by atoms with Crippen molar-refractivity contribution in [1.82, 2.24) is 15.1 Å². The molecule has 2 fully saturated rings. The Labute approximate surface area is 227 Å². The van der Waals surface area contributed by atoms with Gasteiger partial charge in [0.1, 0.15) is 0 Å². The first-order chi connectivity index (χ1) is 18.2. The molecule has 1 aliphatic carbocycles. The van der Waals surface area contributed by atoms with Gasteiger partial charge in [-0.25, -0.2) is 4.79 Å². The van der Waals surface area contributed by atoms with Crippen LogP contribution in [0.25, 0.3) is 0 Å². The Morgan fingerprint density at radius 2 is 1.68 bits per heavy atom. The largest absolute Gasteiger partial charge is 0.481 e. The van der Waals surface area contributed by atoms with Gasteiger partial charge in [-0.1, -0.05) is 48.6 Å². The number of carboxylic acids is 1. The van der Waals surface area contributed by atoms with Crippen molar-refractivity contribution in [2.75, 3.05) is 18.4 Å². The van der Waals surface area contributed by atoms with Crippen LogP contribution in [0.5, 0.6) is 0 Å². The van der Waals surface area contributed by atoms with Gasteiger partial charge in [-0.3, -0.25) is 19.3 Å². The van der Waals surface area contributed by atoms with E-state index in [1.54, 1.807) is 42.5 Å². The molecule has 0 radical (unpaired) electrons. The first-order valence-corrected chi connectivity index (χ1v) is 13.3. The number of benzene rings is 2. The van der Waals surface area contributed by atoms with Crippen LogP contribution >= 0.6 is 11.6 Å². The van der Waals surface area contributed by atoms with Gasteiger partial charge < -0.3 is 20.6 Å². The predicted octanol–water partition coefficient (Wildman–Crippen LogP) is 4.50. The molecule has 10 heteroatoms. The molecule has 4 rings (SSSR count). The zero-order valence-corrected chi connectivity index (χ0v) is 22.1. The summed E-state index contributed by atoms with van der Waals surface area (Å²) in [6.45, 7) is 2.17. The molecule has 0 bridgehead atoms. The van der Waals surface area contributed by atoms with Crippen LogP contribution in [0.3, 0.4) is 0 Å². The number of halogens is 1. The second-order valence-electron chi connectivity index (χ2n) is 9.98. The third kappa shape index (κ3) is 6.64. The number of aliphatic carboxylic acids is 1. The minimum Gasteiger partial charge on any atom is -0.481 e. The molecule has 2 aromatic rings. The highest BCUT2D eigenvalue weighted by Crippen LogP contribution is 2.29. The molecule has 0 spiro atoms. The summed E-state index contributed by atoms with van der Waals surface area (Å²) >= 11 is 5.95. The lowest BCUT2D eigenvalue weighted by Crippen LogP contribution is -2.57. The Balaban J connectivity index is 1.60. The molecule has 4 amide bonds. The van der Waals surface area contributed by atoms with Crippen LogP contribution in [-0.2, 0) is 9.59 Å². The van der Waals surface area contributed by atoms with Crippen molar-refractivity contribution in [2.45, 2.75) is 57.7 Å². The van der Waals surface area contributed by atoms with E-state index in [-0.39, 0.29) is 31.3 Å². The van der Waals surface area contributed by atoms with Crippen molar-refractivity contribution in [3.63, 3.8) is 0 Å². The van der Waals surface area contributed by atoms with Crippen molar-refractivity contribution in [3.8, 4) is 0 Å². The van der Waals surface area contributed by atoms with E-state index in [2.05, 4.69) is 10.6 Å². The molecule has 0 aromatic heterocycles. The number of carbonyl (C=O) groups is 4. The van der Waals surface area contributed by atoms with Crippen LogP contribution in [0.2, 0.25) is 5.02 Å². The normalized spacial score (nSPS) is 18.6. The molecule has 2 aromatic carbocycles. The standard InChI is InChI=1S/C28H33ClN4O5/c1-18-6-5-9-20(16-18)27(37)32-14-15-33(28(38)30-22-12-10-21(29)11-13-22)26(32)25(36)31-23(17-24(34)35)19-7-3-2-4-8-19/h5-6,9-13,16,19,23,26H,2-4,7-8,14-15,17H2,1H3,(H,30,38)(H,31,36)(H,34,35). The van der Waals surface area contributed by atoms with E-state index in [0.29, 0.717) is 16.3 Å². The second kappa shape index (κ2) is 12.3. The van der Waals surface area contributed by atoms with Gasteiger partial charge in [-0.15, -0.1) is 0 Å². The number of amides is 4. The molecule has 9 nitrogen and oxygen atoms in total. The van der Waals surface area contributed by atoms with Crippen molar-refractivity contribution >= 4 is 41.1 Å². The number of urea groups is 1. The van der Waals surface area contributed by atoms with Crippen LogP contribution in [0.4, 0.5) is 10.5 Å². The summed E-state index contributed by atoms with van der Waals surface area (Å²) in [6.07, 6.45) is 3.26. The smallest absolute Gasteiger partial charge is 0.323 e. The van der Waals surface area contributed by atoms with E-state index in [9.17, 15) is 24.3 Å². The van der Waals surface area contributed by atoms with E-state index < -0.39 is 30.1 Å². The van der Waals surface area contributed by atoms with Gasteiger partial charge in [0.15, 0.2) is 6.17 Å². The Hall–Kier alpha value is -3.59. The molecule has 38 heavy (non-hydrogen) atoms.